The fourth-order valence-electron chi connectivity index (χ4n) is 4.29. The van der Waals surface area contributed by atoms with E-state index in [-0.39, 0.29) is 5.54 Å². The minimum Gasteiger partial charge on any atom is -0.344 e. The summed E-state index contributed by atoms with van der Waals surface area (Å²) in [6.45, 7) is 3.16. The third-order valence-corrected chi connectivity index (χ3v) is 5.68. The average molecular weight is 282 g/mol. The van der Waals surface area contributed by atoms with Crippen LogP contribution in [-0.2, 0) is 6.54 Å². The summed E-state index contributed by atoms with van der Waals surface area (Å²) >= 11 is 0. The number of likely N-dealkylation sites (N-methyl/N-ethyl adjacent to an activating group) is 1. The van der Waals surface area contributed by atoms with Gasteiger partial charge in [-0.1, -0.05) is 18.2 Å². The van der Waals surface area contributed by atoms with Crippen molar-refractivity contribution < 1.29 is 4.79 Å². The van der Waals surface area contributed by atoms with Gasteiger partial charge in [-0.25, -0.2) is 0 Å². The Morgan fingerprint density at radius 3 is 2.81 bits per heavy atom. The van der Waals surface area contributed by atoms with Crippen LogP contribution in [0.1, 0.15) is 48.2 Å². The molecular weight excluding hydrogens is 260 g/mol. The van der Waals surface area contributed by atoms with Crippen LogP contribution < -0.4 is 0 Å². The average Bonchev–Trinajstić information content (AvgIpc) is 2.81. The van der Waals surface area contributed by atoms with Gasteiger partial charge in [-0.3, -0.25) is 9.69 Å². The predicted octanol–water partition coefficient (Wildman–Crippen LogP) is 3.43. The molecular formula is C18H22N2O. The van der Waals surface area contributed by atoms with E-state index in [0.29, 0.717) is 11.7 Å². The van der Waals surface area contributed by atoms with Crippen LogP contribution in [0.4, 0.5) is 0 Å². The molecule has 1 aromatic heterocycles. The number of hydrogen-bond acceptors (Lipinski definition) is 2. The largest absolute Gasteiger partial charge is 0.344 e. The van der Waals surface area contributed by atoms with Crippen molar-refractivity contribution in [2.24, 2.45) is 0 Å². The van der Waals surface area contributed by atoms with Crippen molar-refractivity contribution in [3.8, 4) is 0 Å². The molecule has 0 N–H and O–H groups in total. The molecule has 0 fully saturated rings. The molecule has 2 aromatic rings. The monoisotopic (exact) mass is 282 g/mol. The van der Waals surface area contributed by atoms with Crippen LogP contribution in [0.3, 0.4) is 0 Å². The number of Topliss-reactive ketones (excluding diaryl/α,β-unsaturated/α-hetero) is 1. The predicted molar refractivity (Wildman–Crippen MR) is 85.0 cm³/mol. The van der Waals surface area contributed by atoms with Gasteiger partial charge in [-0.05, 0) is 46.3 Å². The van der Waals surface area contributed by atoms with E-state index in [1.54, 1.807) is 0 Å². The number of rotatable bonds is 1. The summed E-state index contributed by atoms with van der Waals surface area (Å²) in [6.07, 6.45) is 3.37. The number of hydrogen-bond donors (Lipinski definition) is 0. The SMILES string of the molecule is CN(C)C1(C)CC2CCCn3c2c(c2ccccc23)C1=O. The van der Waals surface area contributed by atoms with Gasteiger partial charge in [-0.15, -0.1) is 0 Å². The van der Waals surface area contributed by atoms with Gasteiger partial charge < -0.3 is 4.57 Å². The summed E-state index contributed by atoms with van der Waals surface area (Å²) in [6, 6.07) is 8.41. The second kappa shape index (κ2) is 4.20. The zero-order chi connectivity index (χ0) is 14.8. The van der Waals surface area contributed by atoms with E-state index in [9.17, 15) is 4.79 Å². The Bertz CT molecular complexity index is 743. The van der Waals surface area contributed by atoms with E-state index < -0.39 is 0 Å². The maximum Gasteiger partial charge on any atom is 0.185 e. The highest BCUT2D eigenvalue weighted by Crippen LogP contribution is 2.47. The number of ketones is 1. The van der Waals surface area contributed by atoms with Gasteiger partial charge >= 0.3 is 0 Å². The van der Waals surface area contributed by atoms with Gasteiger partial charge in [0.25, 0.3) is 0 Å². The first-order valence-corrected chi connectivity index (χ1v) is 7.87. The van der Waals surface area contributed by atoms with Crippen LogP contribution in [0.5, 0.6) is 0 Å². The first kappa shape index (κ1) is 13.1. The molecule has 1 aliphatic heterocycles. The molecule has 110 valence electrons. The Morgan fingerprint density at radius 2 is 2.05 bits per heavy atom. The molecule has 21 heavy (non-hydrogen) atoms. The number of benzene rings is 1. The standard InChI is InChI=1S/C18H22N2O/c1-18(19(2)3)11-12-7-6-10-20-14-9-5-4-8-13(14)15(16(12)20)17(18)21/h4-5,8-9,12H,6-7,10-11H2,1-3H3. The quantitative estimate of drug-likeness (QED) is 0.800. The number of carbonyl (C=O) groups is 1. The molecule has 0 saturated heterocycles. The van der Waals surface area contributed by atoms with Crippen LogP contribution in [0, 0.1) is 0 Å². The van der Waals surface area contributed by atoms with E-state index in [1.165, 1.54) is 24.1 Å². The molecule has 2 unspecified atom stereocenters. The van der Waals surface area contributed by atoms with E-state index in [4.69, 9.17) is 0 Å². The smallest absolute Gasteiger partial charge is 0.185 e. The molecule has 4 rings (SSSR count). The normalized spacial score (nSPS) is 28.2. The Labute approximate surface area is 125 Å². The molecule has 3 heteroatoms. The third kappa shape index (κ3) is 1.55. The lowest BCUT2D eigenvalue weighted by atomic mass is 9.71. The molecule has 1 aromatic carbocycles. The van der Waals surface area contributed by atoms with Crippen LogP contribution in [0.25, 0.3) is 10.9 Å². The maximum atomic E-state index is 13.2. The van der Waals surface area contributed by atoms with Gasteiger partial charge in [0.15, 0.2) is 5.78 Å². The van der Waals surface area contributed by atoms with Crippen molar-refractivity contribution in [2.75, 3.05) is 14.1 Å². The summed E-state index contributed by atoms with van der Waals surface area (Å²) < 4.78 is 2.41. The third-order valence-electron chi connectivity index (χ3n) is 5.68. The van der Waals surface area contributed by atoms with E-state index in [1.807, 2.05) is 14.1 Å². The van der Waals surface area contributed by atoms with Crippen LogP contribution in [-0.4, -0.2) is 34.9 Å². The molecule has 2 atom stereocenters. The van der Waals surface area contributed by atoms with Crippen molar-refractivity contribution in [2.45, 2.75) is 44.2 Å². The summed E-state index contributed by atoms with van der Waals surface area (Å²) in [5.74, 6) is 0.821. The number of aromatic nitrogens is 1. The van der Waals surface area contributed by atoms with Crippen molar-refractivity contribution in [1.82, 2.24) is 9.47 Å². The molecule has 1 aliphatic carbocycles. The fraction of sp³-hybridized carbons (Fsp3) is 0.500. The molecule has 0 saturated carbocycles. The Hall–Kier alpha value is -1.61. The Balaban J connectivity index is 2.07. The highest BCUT2D eigenvalue weighted by atomic mass is 16.1. The van der Waals surface area contributed by atoms with Gasteiger partial charge in [0.05, 0.1) is 5.54 Å². The zero-order valence-electron chi connectivity index (χ0n) is 13.0. The minimum absolute atomic E-state index is 0.301. The van der Waals surface area contributed by atoms with E-state index in [0.717, 1.165) is 23.9 Å². The van der Waals surface area contributed by atoms with Crippen molar-refractivity contribution in [1.29, 1.82) is 0 Å². The molecule has 3 nitrogen and oxygen atoms in total. The van der Waals surface area contributed by atoms with Gasteiger partial charge in [-0.2, -0.15) is 0 Å². The number of nitrogens with zero attached hydrogens (tertiary/aromatic N) is 2. The lowest BCUT2D eigenvalue weighted by molar-refractivity contribution is 0.0639. The van der Waals surface area contributed by atoms with Crippen LogP contribution in [0.15, 0.2) is 24.3 Å². The molecule has 0 bridgehead atoms. The Morgan fingerprint density at radius 1 is 1.29 bits per heavy atom. The lowest BCUT2D eigenvalue weighted by Gasteiger charge is -2.43. The minimum atomic E-state index is -0.371. The Kier molecular flexibility index (Phi) is 2.62. The van der Waals surface area contributed by atoms with E-state index in [2.05, 4.69) is 40.7 Å². The fourth-order valence-corrected chi connectivity index (χ4v) is 4.29. The summed E-state index contributed by atoms with van der Waals surface area (Å²) in [5, 5.41) is 1.15. The van der Waals surface area contributed by atoms with Gasteiger partial charge in [0, 0.05) is 34.6 Å². The zero-order valence-corrected chi connectivity index (χ0v) is 13.0. The summed E-state index contributed by atoms with van der Waals surface area (Å²) in [7, 11) is 4.07. The highest BCUT2D eigenvalue weighted by Gasteiger charge is 2.47. The topological polar surface area (TPSA) is 25.2 Å². The number of aryl methyl sites for hydroxylation is 1. The number of fused-ring (bicyclic) bond motifs is 3. The van der Waals surface area contributed by atoms with E-state index >= 15 is 0 Å². The second-order valence-electron chi connectivity index (χ2n) is 6.97. The lowest BCUT2D eigenvalue weighted by Crippen LogP contribution is -2.52. The molecule has 0 radical (unpaired) electrons. The summed E-state index contributed by atoms with van der Waals surface area (Å²) in [4.78, 5) is 15.3. The van der Waals surface area contributed by atoms with Crippen molar-refractivity contribution in [3.63, 3.8) is 0 Å². The molecule has 0 spiro atoms. The van der Waals surface area contributed by atoms with Crippen LogP contribution >= 0.6 is 0 Å². The maximum absolute atomic E-state index is 13.2. The van der Waals surface area contributed by atoms with Crippen molar-refractivity contribution >= 4 is 16.7 Å². The first-order chi connectivity index (χ1) is 10.0. The second-order valence-corrected chi connectivity index (χ2v) is 6.97. The molecule has 2 heterocycles. The number of para-hydroxylation sites is 1. The van der Waals surface area contributed by atoms with Crippen LogP contribution in [0.2, 0.25) is 0 Å². The van der Waals surface area contributed by atoms with Gasteiger partial charge in [0.2, 0.25) is 0 Å². The highest BCUT2D eigenvalue weighted by molar-refractivity contribution is 6.14. The van der Waals surface area contributed by atoms with Gasteiger partial charge in [0.1, 0.15) is 0 Å². The first-order valence-electron chi connectivity index (χ1n) is 7.87. The number of carbonyl (C=O) groups excluding carboxylic acids is 1. The molecule has 2 aliphatic rings. The van der Waals surface area contributed by atoms with Crippen molar-refractivity contribution in [3.05, 3.63) is 35.5 Å². The molecule has 0 amide bonds. The summed E-state index contributed by atoms with van der Waals surface area (Å²) in [5.41, 5.74) is 3.18.